The van der Waals surface area contributed by atoms with Gasteiger partial charge in [-0.25, -0.2) is 4.79 Å². The largest absolute Gasteiger partial charge is 0.459 e. The van der Waals surface area contributed by atoms with Crippen LogP contribution in [0.1, 0.15) is 18.6 Å². The minimum absolute atomic E-state index is 0.119. The van der Waals surface area contributed by atoms with Crippen LogP contribution in [0.3, 0.4) is 0 Å². The van der Waals surface area contributed by atoms with Gasteiger partial charge in [0, 0.05) is 35.0 Å². The van der Waals surface area contributed by atoms with E-state index in [1.807, 2.05) is 42.5 Å². The molecule has 3 aromatic rings. The third kappa shape index (κ3) is 3.05. The summed E-state index contributed by atoms with van der Waals surface area (Å²) in [5.74, 6) is 0.928. The van der Waals surface area contributed by atoms with E-state index in [4.69, 9.17) is 16.0 Å². The van der Waals surface area contributed by atoms with E-state index in [0.29, 0.717) is 36.8 Å². The van der Waals surface area contributed by atoms with E-state index in [-0.39, 0.29) is 11.9 Å². The summed E-state index contributed by atoms with van der Waals surface area (Å²) in [6, 6.07) is 15.4. The molecule has 2 atom stereocenters. The van der Waals surface area contributed by atoms with Gasteiger partial charge >= 0.3 is 6.03 Å². The summed E-state index contributed by atoms with van der Waals surface area (Å²) in [4.78, 5) is 14.4. The maximum atomic E-state index is 12.6. The number of carbonyl (C=O) groups excluding carboxylic acids is 1. The van der Waals surface area contributed by atoms with Crippen molar-refractivity contribution in [2.24, 2.45) is 5.92 Å². The summed E-state index contributed by atoms with van der Waals surface area (Å²) < 4.78 is 6.06. The van der Waals surface area contributed by atoms with Crippen molar-refractivity contribution in [2.75, 3.05) is 13.1 Å². The number of piperidine rings is 1. The molecule has 28 heavy (non-hydrogen) atoms. The number of amides is 2. The maximum absolute atomic E-state index is 12.6. The summed E-state index contributed by atoms with van der Waals surface area (Å²) in [5.41, 5.74) is 2.20. The topological polar surface area (TPSA) is 65.7 Å². The van der Waals surface area contributed by atoms with Crippen LogP contribution in [-0.4, -0.2) is 34.7 Å². The Kier molecular flexibility index (Phi) is 4.11. The number of halogens is 1. The summed E-state index contributed by atoms with van der Waals surface area (Å²) >= 11 is 6.21. The van der Waals surface area contributed by atoms with Crippen LogP contribution >= 0.6 is 11.6 Å². The number of urea groups is 1. The molecule has 0 spiro atoms. The second kappa shape index (κ2) is 6.54. The van der Waals surface area contributed by atoms with Crippen LogP contribution in [0.2, 0.25) is 5.02 Å². The minimum Gasteiger partial charge on any atom is -0.459 e. The highest BCUT2D eigenvalue weighted by Gasteiger charge is 2.56. The van der Waals surface area contributed by atoms with Crippen LogP contribution in [0.5, 0.6) is 0 Å². The van der Waals surface area contributed by atoms with Crippen molar-refractivity contribution in [1.29, 1.82) is 0 Å². The molecule has 0 radical (unpaired) electrons. The number of nitrogens with zero attached hydrogens (tertiary/aromatic N) is 1. The third-order valence-electron chi connectivity index (χ3n) is 5.93. The zero-order valence-corrected chi connectivity index (χ0v) is 16.1. The fourth-order valence-corrected chi connectivity index (χ4v) is 4.38. The fraction of sp³-hybridized carbons (Fsp3) is 0.318. The van der Waals surface area contributed by atoms with Crippen molar-refractivity contribution in [2.45, 2.75) is 25.0 Å². The lowest BCUT2D eigenvalue weighted by atomic mass is 10.0. The molecule has 6 heteroatoms. The van der Waals surface area contributed by atoms with Crippen molar-refractivity contribution < 1.29 is 14.3 Å². The molecule has 2 N–H and O–H groups in total. The van der Waals surface area contributed by atoms with Gasteiger partial charge in [0.15, 0.2) is 0 Å². The van der Waals surface area contributed by atoms with Gasteiger partial charge in [0.2, 0.25) is 0 Å². The molecule has 2 fully saturated rings. The quantitative estimate of drug-likeness (QED) is 0.688. The number of fused-ring (bicyclic) bond motifs is 2. The number of furan rings is 1. The van der Waals surface area contributed by atoms with Crippen molar-refractivity contribution >= 4 is 28.6 Å². The van der Waals surface area contributed by atoms with E-state index in [1.54, 1.807) is 11.0 Å². The van der Waals surface area contributed by atoms with Crippen LogP contribution in [0.15, 0.2) is 52.9 Å². The summed E-state index contributed by atoms with van der Waals surface area (Å²) in [6.07, 6.45) is 1.46. The lowest BCUT2D eigenvalue weighted by Crippen LogP contribution is -2.46. The van der Waals surface area contributed by atoms with Crippen LogP contribution in [0, 0.1) is 5.92 Å². The second-order valence-corrected chi connectivity index (χ2v) is 8.20. The zero-order valence-electron chi connectivity index (χ0n) is 15.3. The Morgan fingerprint density at radius 1 is 1.29 bits per heavy atom. The first-order chi connectivity index (χ1) is 13.5. The molecule has 1 saturated heterocycles. The molecule has 2 aliphatic rings. The average Bonchev–Trinajstić information content (AvgIpc) is 3.25. The Balaban J connectivity index is 1.40. The van der Waals surface area contributed by atoms with Gasteiger partial charge in [-0.05, 0) is 36.6 Å². The lowest BCUT2D eigenvalue weighted by molar-refractivity contribution is 0.0747. The van der Waals surface area contributed by atoms with E-state index < -0.39 is 5.60 Å². The molecule has 1 aliphatic heterocycles. The molecule has 2 amide bonds. The smallest absolute Gasteiger partial charge is 0.317 e. The lowest BCUT2D eigenvalue weighted by Gasteiger charge is -2.29. The van der Waals surface area contributed by atoms with Crippen molar-refractivity contribution in [1.82, 2.24) is 10.2 Å². The first kappa shape index (κ1) is 17.6. The van der Waals surface area contributed by atoms with E-state index in [0.717, 1.165) is 28.5 Å². The Bertz CT molecular complexity index is 1050. The normalized spacial score (nSPS) is 23.5. The molecule has 0 bridgehead atoms. The second-order valence-electron chi connectivity index (χ2n) is 7.77. The van der Waals surface area contributed by atoms with Gasteiger partial charge in [0.1, 0.15) is 11.3 Å². The maximum Gasteiger partial charge on any atom is 0.317 e. The van der Waals surface area contributed by atoms with Gasteiger partial charge < -0.3 is 19.7 Å². The molecule has 144 valence electrons. The zero-order chi connectivity index (χ0) is 19.3. The van der Waals surface area contributed by atoms with Gasteiger partial charge in [-0.2, -0.15) is 0 Å². The number of hydrogen-bond acceptors (Lipinski definition) is 3. The summed E-state index contributed by atoms with van der Waals surface area (Å²) in [7, 11) is 0. The molecular weight excluding hydrogens is 376 g/mol. The van der Waals surface area contributed by atoms with Crippen LogP contribution < -0.4 is 5.32 Å². The van der Waals surface area contributed by atoms with E-state index >= 15 is 0 Å². The number of hydrogen-bond donors (Lipinski definition) is 2. The van der Waals surface area contributed by atoms with Gasteiger partial charge in [-0.3, -0.25) is 0 Å². The number of benzene rings is 2. The number of aliphatic hydroxyl groups is 1. The minimum atomic E-state index is -0.519. The third-order valence-corrected chi connectivity index (χ3v) is 6.16. The molecular formula is C22H21ClN2O3. The van der Waals surface area contributed by atoms with E-state index in [1.165, 1.54) is 0 Å². The van der Waals surface area contributed by atoms with Crippen LogP contribution in [0.25, 0.3) is 22.1 Å². The number of likely N-dealkylation sites (tertiary alicyclic amines) is 1. The van der Waals surface area contributed by atoms with E-state index in [9.17, 15) is 9.90 Å². The van der Waals surface area contributed by atoms with Gasteiger partial charge in [-0.15, -0.1) is 0 Å². The Labute approximate surface area is 167 Å². The SMILES string of the molecule is O=C(NCc1oc2ccc(Cl)cc2c1-c1ccccc1)N1CC[C@@]2(O)C[C@H]2C1. The Morgan fingerprint density at radius 2 is 2.11 bits per heavy atom. The van der Waals surface area contributed by atoms with Gasteiger partial charge in [0.25, 0.3) is 0 Å². The monoisotopic (exact) mass is 396 g/mol. The number of carbonyl (C=O) groups is 1. The molecule has 1 aliphatic carbocycles. The van der Waals surface area contributed by atoms with Crippen molar-refractivity contribution in [3.05, 3.63) is 59.3 Å². The van der Waals surface area contributed by atoms with Crippen LogP contribution in [0.4, 0.5) is 4.79 Å². The highest BCUT2D eigenvalue weighted by Crippen LogP contribution is 2.49. The van der Waals surface area contributed by atoms with Gasteiger partial charge in [-0.1, -0.05) is 41.9 Å². The molecule has 5 rings (SSSR count). The Morgan fingerprint density at radius 3 is 2.89 bits per heavy atom. The van der Waals surface area contributed by atoms with Crippen LogP contribution in [-0.2, 0) is 6.54 Å². The predicted molar refractivity (Wildman–Crippen MR) is 108 cm³/mol. The molecule has 1 saturated carbocycles. The average molecular weight is 397 g/mol. The molecule has 1 aromatic heterocycles. The number of nitrogens with one attached hydrogen (secondary N) is 1. The van der Waals surface area contributed by atoms with Crippen molar-refractivity contribution in [3.63, 3.8) is 0 Å². The molecule has 5 nitrogen and oxygen atoms in total. The molecule has 2 aromatic carbocycles. The summed E-state index contributed by atoms with van der Waals surface area (Å²) in [6.45, 7) is 1.49. The predicted octanol–water partition coefficient (Wildman–Crippen LogP) is 4.42. The first-order valence-corrected chi connectivity index (χ1v) is 9.93. The summed E-state index contributed by atoms with van der Waals surface area (Å²) in [5, 5.41) is 14.7. The standard InChI is InChI=1S/C22H21ClN2O3/c23-16-6-7-18-17(10-16)20(14-4-2-1-3-5-14)19(28-18)12-24-21(26)25-9-8-22(27)11-15(22)13-25/h1-7,10,15,27H,8-9,11-13H2,(H,24,26)/t15-,22+/m0/s1. The number of rotatable bonds is 3. The van der Waals surface area contributed by atoms with Gasteiger partial charge in [0.05, 0.1) is 12.1 Å². The highest BCUT2D eigenvalue weighted by atomic mass is 35.5. The molecule has 2 heterocycles. The highest BCUT2D eigenvalue weighted by molar-refractivity contribution is 6.31. The van der Waals surface area contributed by atoms with Crippen molar-refractivity contribution in [3.8, 4) is 11.1 Å². The first-order valence-electron chi connectivity index (χ1n) is 9.55. The molecule has 0 unspecified atom stereocenters. The Hall–Kier alpha value is -2.50. The van der Waals surface area contributed by atoms with E-state index in [2.05, 4.69) is 5.32 Å². The fourth-order valence-electron chi connectivity index (χ4n) is 4.21.